The van der Waals surface area contributed by atoms with Gasteiger partial charge in [-0.2, -0.15) is 5.26 Å². The first-order valence-electron chi connectivity index (χ1n) is 4.57. The quantitative estimate of drug-likeness (QED) is 0.744. The van der Waals surface area contributed by atoms with Crippen molar-refractivity contribution in [3.63, 3.8) is 0 Å². The number of halogens is 1. The average Bonchev–Trinajstić information content (AvgIpc) is 2.14. The fourth-order valence-electron chi connectivity index (χ4n) is 1.52. The Morgan fingerprint density at radius 1 is 1.21 bits per heavy atom. The van der Waals surface area contributed by atoms with Crippen LogP contribution in [0.4, 0.5) is 0 Å². The monoisotopic (exact) mass is 251 g/mol. The third kappa shape index (κ3) is 1.83. The summed E-state index contributed by atoms with van der Waals surface area (Å²) in [5, 5.41) is 9.07. The Labute approximate surface area is 93.9 Å². The van der Waals surface area contributed by atoms with Crippen LogP contribution in [0.2, 0.25) is 0 Å². The predicted octanol–water partition coefficient (Wildman–Crippen LogP) is 3.87. The van der Waals surface area contributed by atoms with E-state index in [1.165, 1.54) is 11.1 Å². The highest BCUT2D eigenvalue weighted by Gasteiger charge is 2.22. The van der Waals surface area contributed by atoms with Gasteiger partial charge in [0.1, 0.15) is 0 Å². The van der Waals surface area contributed by atoms with Gasteiger partial charge in [-0.15, -0.1) is 0 Å². The first-order chi connectivity index (χ1) is 6.40. The fourth-order valence-corrected chi connectivity index (χ4v) is 1.95. The Morgan fingerprint density at radius 3 is 2.29 bits per heavy atom. The van der Waals surface area contributed by atoms with Crippen LogP contribution in [0.3, 0.4) is 0 Å². The molecule has 0 aromatic heterocycles. The number of hydrogen-bond donors (Lipinski definition) is 0. The number of benzene rings is 1. The van der Waals surface area contributed by atoms with Crippen molar-refractivity contribution >= 4 is 15.9 Å². The summed E-state index contributed by atoms with van der Waals surface area (Å²) in [7, 11) is 0. The van der Waals surface area contributed by atoms with Gasteiger partial charge in [-0.1, -0.05) is 22.0 Å². The Kier molecular flexibility index (Phi) is 3.01. The summed E-state index contributed by atoms with van der Waals surface area (Å²) in [6.07, 6.45) is 0. The minimum absolute atomic E-state index is 0.407. The van der Waals surface area contributed by atoms with E-state index >= 15 is 0 Å². The molecule has 0 radical (unpaired) electrons. The summed E-state index contributed by atoms with van der Waals surface area (Å²) < 4.78 is 1.10. The van der Waals surface area contributed by atoms with E-state index in [9.17, 15) is 0 Å². The molecule has 14 heavy (non-hydrogen) atoms. The van der Waals surface area contributed by atoms with E-state index in [1.807, 2.05) is 26.0 Å². The lowest BCUT2D eigenvalue weighted by Gasteiger charge is -2.20. The van der Waals surface area contributed by atoms with Gasteiger partial charge in [-0.25, -0.2) is 0 Å². The van der Waals surface area contributed by atoms with Gasteiger partial charge in [0.15, 0.2) is 0 Å². The van der Waals surface area contributed by atoms with E-state index in [0.717, 1.165) is 10.0 Å². The van der Waals surface area contributed by atoms with Crippen molar-refractivity contribution in [1.29, 1.82) is 5.26 Å². The summed E-state index contributed by atoms with van der Waals surface area (Å²) in [6, 6.07) is 6.36. The van der Waals surface area contributed by atoms with Gasteiger partial charge >= 0.3 is 0 Å². The lowest BCUT2D eigenvalue weighted by molar-refractivity contribution is 0.680. The normalized spacial score (nSPS) is 11.1. The lowest BCUT2D eigenvalue weighted by Crippen LogP contribution is -2.16. The van der Waals surface area contributed by atoms with Crippen LogP contribution >= 0.6 is 15.9 Å². The minimum Gasteiger partial charge on any atom is -0.197 e. The smallest absolute Gasteiger partial charge is 0.0768 e. The van der Waals surface area contributed by atoms with Crippen molar-refractivity contribution in [2.75, 3.05) is 0 Å². The van der Waals surface area contributed by atoms with Crippen LogP contribution in [0.25, 0.3) is 0 Å². The highest BCUT2D eigenvalue weighted by atomic mass is 79.9. The van der Waals surface area contributed by atoms with Crippen LogP contribution in [0, 0.1) is 25.2 Å². The van der Waals surface area contributed by atoms with E-state index in [1.54, 1.807) is 0 Å². The summed E-state index contributed by atoms with van der Waals surface area (Å²) in [4.78, 5) is 0. The minimum atomic E-state index is -0.407. The molecule has 0 heterocycles. The van der Waals surface area contributed by atoms with Crippen molar-refractivity contribution in [3.8, 4) is 6.07 Å². The topological polar surface area (TPSA) is 23.8 Å². The van der Waals surface area contributed by atoms with Crippen molar-refractivity contribution in [2.45, 2.75) is 33.1 Å². The van der Waals surface area contributed by atoms with Crippen molar-refractivity contribution in [1.82, 2.24) is 0 Å². The zero-order chi connectivity index (χ0) is 10.9. The van der Waals surface area contributed by atoms with Crippen LogP contribution in [0.1, 0.15) is 30.5 Å². The zero-order valence-corrected chi connectivity index (χ0v) is 10.6. The standard InChI is InChI=1S/C12H14BrN/c1-8-9(2)11(13)6-5-10(8)12(3,4)7-14/h5-6H,1-4H3. The van der Waals surface area contributed by atoms with E-state index in [0.29, 0.717) is 0 Å². The molecule has 0 aliphatic heterocycles. The summed E-state index contributed by atoms with van der Waals surface area (Å²) >= 11 is 3.49. The SMILES string of the molecule is Cc1c(Br)ccc(C(C)(C)C#N)c1C. The molecule has 0 aliphatic carbocycles. The summed E-state index contributed by atoms with van der Waals surface area (Å²) in [5.74, 6) is 0. The van der Waals surface area contributed by atoms with Crippen LogP contribution in [-0.4, -0.2) is 0 Å². The Hall–Kier alpha value is -0.810. The molecule has 2 heteroatoms. The van der Waals surface area contributed by atoms with Crippen LogP contribution in [0.15, 0.2) is 16.6 Å². The van der Waals surface area contributed by atoms with Gasteiger partial charge in [-0.3, -0.25) is 0 Å². The van der Waals surface area contributed by atoms with Gasteiger partial charge < -0.3 is 0 Å². The average molecular weight is 252 g/mol. The van der Waals surface area contributed by atoms with Crippen LogP contribution in [0.5, 0.6) is 0 Å². The molecule has 0 aliphatic rings. The van der Waals surface area contributed by atoms with Gasteiger partial charge in [0, 0.05) is 4.47 Å². The molecule has 1 aromatic carbocycles. The first kappa shape index (κ1) is 11.3. The number of rotatable bonds is 1. The van der Waals surface area contributed by atoms with Gasteiger partial charge in [-0.05, 0) is 50.5 Å². The maximum absolute atomic E-state index is 9.07. The van der Waals surface area contributed by atoms with E-state index in [2.05, 4.69) is 35.8 Å². The third-order valence-corrected chi connectivity index (χ3v) is 3.53. The predicted molar refractivity (Wildman–Crippen MR) is 62.3 cm³/mol. The zero-order valence-electron chi connectivity index (χ0n) is 8.98. The molecule has 0 spiro atoms. The Balaban J connectivity index is 3.41. The molecule has 0 saturated heterocycles. The second-order valence-corrected chi connectivity index (χ2v) is 4.94. The third-order valence-electron chi connectivity index (χ3n) is 2.67. The molecule has 0 amide bonds. The summed E-state index contributed by atoms with van der Waals surface area (Å²) in [5.41, 5.74) is 3.12. The molecular weight excluding hydrogens is 238 g/mol. The highest BCUT2D eigenvalue weighted by Crippen LogP contribution is 2.30. The van der Waals surface area contributed by atoms with E-state index < -0.39 is 5.41 Å². The molecule has 1 nitrogen and oxygen atoms in total. The highest BCUT2D eigenvalue weighted by molar-refractivity contribution is 9.10. The second kappa shape index (κ2) is 3.74. The number of hydrogen-bond acceptors (Lipinski definition) is 1. The molecule has 74 valence electrons. The van der Waals surface area contributed by atoms with Crippen molar-refractivity contribution < 1.29 is 0 Å². The maximum atomic E-state index is 9.07. The van der Waals surface area contributed by atoms with Crippen LogP contribution < -0.4 is 0 Å². The lowest BCUT2D eigenvalue weighted by atomic mass is 9.82. The van der Waals surface area contributed by atoms with Crippen molar-refractivity contribution in [3.05, 3.63) is 33.3 Å². The molecule has 1 rings (SSSR count). The number of nitrogens with zero attached hydrogens (tertiary/aromatic N) is 1. The second-order valence-electron chi connectivity index (χ2n) is 4.08. The molecular formula is C12H14BrN. The van der Waals surface area contributed by atoms with E-state index in [-0.39, 0.29) is 0 Å². The molecule has 0 saturated carbocycles. The molecule has 0 fully saturated rings. The van der Waals surface area contributed by atoms with Gasteiger partial charge in [0.25, 0.3) is 0 Å². The largest absolute Gasteiger partial charge is 0.197 e. The Morgan fingerprint density at radius 2 is 1.79 bits per heavy atom. The van der Waals surface area contributed by atoms with Gasteiger partial charge in [0.05, 0.1) is 11.5 Å². The number of nitriles is 1. The Bertz CT molecular complexity index is 400. The van der Waals surface area contributed by atoms with Crippen LogP contribution in [-0.2, 0) is 5.41 Å². The van der Waals surface area contributed by atoms with Gasteiger partial charge in [0.2, 0.25) is 0 Å². The summed E-state index contributed by atoms with van der Waals surface area (Å²) in [6.45, 7) is 8.02. The molecule has 0 bridgehead atoms. The fraction of sp³-hybridized carbons (Fsp3) is 0.417. The maximum Gasteiger partial charge on any atom is 0.0768 e. The molecule has 0 N–H and O–H groups in total. The molecule has 0 atom stereocenters. The van der Waals surface area contributed by atoms with E-state index in [4.69, 9.17) is 5.26 Å². The molecule has 1 aromatic rings. The van der Waals surface area contributed by atoms with Crippen molar-refractivity contribution in [2.24, 2.45) is 0 Å². The molecule has 0 unspecified atom stereocenters. The first-order valence-corrected chi connectivity index (χ1v) is 5.37.